The minimum Gasteiger partial charge on any atom is -0.778 e. The summed E-state index contributed by atoms with van der Waals surface area (Å²) in [7, 11) is 4.20. The van der Waals surface area contributed by atoms with E-state index in [1.807, 2.05) is 0 Å². The van der Waals surface area contributed by atoms with Gasteiger partial charge < -0.3 is 27.9 Å². The van der Waals surface area contributed by atoms with Crippen LogP contribution in [-0.2, 0) is 18.6 Å². The third-order valence-corrected chi connectivity index (χ3v) is 8.40. The highest BCUT2D eigenvalue weighted by atomic mass is 31.2. The lowest BCUT2D eigenvalue weighted by Crippen LogP contribution is -2.35. The second-order valence-electron chi connectivity index (χ2n) is 11.9. The minimum atomic E-state index is -3.81. The van der Waals surface area contributed by atoms with Gasteiger partial charge in [-0.3, -0.25) is 0 Å². The SMILES string of the molecule is CCCCCCCCCCCCCCCCCCOC[C@H](CCP(=O)([O-])OCCCC[N+](C)(C)C)OC. The van der Waals surface area contributed by atoms with E-state index in [1.54, 1.807) is 7.11 Å². The van der Waals surface area contributed by atoms with E-state index in [0.29, 0.717) is 13.0 Å². The molecular formula is C30H64NO5P. The van der Waals surface area contributed by atoms with Crippen molar-refractivity contribution in [1.82, 2.24) is 0 Å². The average molecular weight is 550 g/mol. The summed E-state index contributed by atoms with van der Waals surface area (Å²) in [5.41, 5.74) is 0. The fourth-order valence-corrected chi connectivity index (χ4v) is 5.64. The van der Waals surface area contributed by atoms with Crippen LogP contribution in [0.3, 0.4) is 0 Å². The summed E-state index contributed by atoms with van der Waals surface area (Å²) in [6, 6.07) is 0. The summed E-state index contributed by atoms with van der Waals surface area (Å²) >= 11 is 0. The molecule has 0 heterocycles. The molecule has 0 bridgehead atoms. The van der Waals surface area contributed by atoms with Crippen LogP contribution in [-0.4, -0.2) is 71.4 Å². The quantitative estimate of drug-likeness (QED) is 0.0543. The van der Waals surface area contributed by atoms with Crippen molar-refractivity contribution in [2.75, 3.05) is 60.8 Å². The first-order valence-corrected chi connectivity index (χ1v) is 17.3. The average Bonchev–Trinajstić information content (AvgIpc) is 2.84. The molecule has 0 saturated heterocycles. The first-order chi connectivity index (χ1) is 17.7. The predicted octanol–water partition coefficient (Wildman–Crippen LogP) is 7.73. The van der Waals surface area contributed by atoms with Gasteiger partial charge in [0.1, 0.15) is 7.60 Å². The molecule has 0 aromatic heterocycles. The molecule has 0 saturated carbocycles. The maximum absolute atomic E-state index is 12.2. The van der Waals surface area contributed by atoms with Gasteiger partial charge in [0.15, 0.2) is 0 Å². The summed E-state index contributed by atoms with van der Waals surface area (Å²) in [6.45, 7) is 4.72. The molecule has 0 aliphatic rings. The third-order valence-electron chi connectivity index (χ3n) is 7.02. The molecule has 0 amide bonds. The van der Waals surface area contributed by atoms with Crippen molar-refractivity contribution in [2.45, 2.75) is 135 Å². The molecule has 7 heteroatoms. The molecule has 0 aliphatic carbocycles. The van der Waals surface area contributed by atoms with Crippen LogP contribution < -0.4 is 4.89 Å². The number of hydrogen-bond acceptors (Lipinski definition) is 5. The standard InChI is InChI=1S/C30H64NO5P/c1-6-7-8-9-10-11-12-13-14-15-16-17-18-19-20-22-26-35-29-30(34-5)24-28-37(32,33)36-27-23-21-25-31(2,3)4/h30H,6-29H2,1-5H3/t30-/m0/s1. The number of unbranched alkanes of at least 4 members (excludes halogenated alkanes) is 16. The first kappa shape index (κ1) is 37.0. The Labute approximate surface area is 231 Å². The molecule has 224 valence electrons. The van der Waals surface area contributed by atoms with Crippen LogP contribution in [0.1, 0.15) is 129 Å². The van der Waals surface area contributed by atoms with Crippen molar-refractivity contribution in [3.05, 3.63) is 0 Å². The Bertz CT molecular complexity index is 527. The summed E-state index contributed by atoms with van der Waals surface area (Å²) in [5, 5.41) is 0. The molecular weight excluding hydrogens is 485 g/mol. The van der Waals surface area contributed by atoms with Crippen LogP contribution in [0.4, 0.5) is 0 Å². The van der Waals surface area contributed by atoms with Crippen molar-refractivity contribution in [2.24, 2.45) is 0 Å². The predicted molar refractivity (Wildman–Crippen MR) is 156 cm³/mol. The molecule has 0 aromatic rings. The summed E-state index contributed by atoms with van der Waals surface area (Å²) < 4.78 is 29.4. The molecule has 0 rings (SSSR count). The first-order valence-electron chi connectivity index (χ1n) is 15.6. The van der Waals surface area contributed by atoms with Gasteiger partial charge in [-0.2, -0.15) is 0 Å². The highest BCUT2D eigenvalue weighted by Crippen LogP contribution is 2.38. The second-order valence-corrected chi connectivity index (χ2v) is 13.8. The fraction of sp³-hybridized carbons (Fsp3) is 1.00. The number of ether oxygens (including phenoxy) is 2. The zero-order chi connectivity index (χ0) is 27.7. The van der Waals surface area contributed by atoms with Crippen LogP contribution in [0.15, 0.2) is 0 Å². The molecule has 37 heavy (non-hydrogen) atoms. The highest BCUT2D eigenvalue weighted by molar-refractivity contribution is 7.51. The third kappa shape index (κ3) is 28.8. The molecule has 0 spiro atoms. The molecule has 0 N–H and O–H groups in total. The lowest BCUT2D eigenvalue weighted by Gasteiger charge is -2.26. The maximum Gasteiger partial charge on any atom is 0.135 e. The number of rotatable bonds is 29. The van der Waals surface area contributed by atoms with Crippen molar-refractivity contribution in [3.63, 3.8) is 0 Å². The Kier molecular flexibility index (Phi) is 25.0. The number of methoxy groups -OCH3 is 1. The van der Waals surface area contributed by atoms with Crippen molar-refractivity contribution in [1.29, 1.82) is 0 Å². The molecule has 6 nitrogen and oxygen atoms in total. The van der Waals surface area contributed by atoms with Gasteiger partial charge in [0, 0.05) is 19.9 Å². The number of nitrogens with zero attached hydrogens (tertiary/aromatic N) is 1. The molecule has 1 unspecified atom stereocenters. The van der Waals surface area contributed by atoms with Gasteiger partial charge in [0.05, 0.1) is 47.0 Å². The van der Waals surface area contributed by atoms with Gasteiger partial charge in [-0.25, -0.2) is 0 Å². The van der Waals surface area contributed by atoms with Gasteiger partial charge in [-0.05, 0) is 25.7 Å². The van der Waals surface area contributed by atoms with Gasteiger partial charge >= 0.3 is 0 Å². The van der Waals surface area contributed by atoms with E-state index in [2.05, 4.69) is 28.1 Å². The van der Waals surface area contributed by atoms with Crippen LogP contribution >= 0.6 is 7.60 Å². The Balaban J connectivity index is 3.51. The molecule has 0 aliphatic heterocycles. The van der Waals surface area contributed by atoms with E-state index in [1.165, 1.54) is 96.3 Å². The van der Waals surface area contributed by atoms with Gasteiger partial charge in [-0.15, -0.1) is 0 Å². The van der Waals surface area contributed by atoms with E-state index in [0.717, 1.165) is 36.9 Å². The van der Waals surface area contributed by atoms with E-state index in [9.17, 15) is 9.46 Å². The monoisotopic (exact) mass is 549 g/mol. The van der Waals surface area contributed by atoms with Crippen molar-refractivity contribution < 1.29 is 27.9 Å². The van der Waals surface area contributed by atoms with Crippen molar-refractivity contribution >= 4 is 7.60 Å². The van der Waals surface area contributed by atoms with Crippen molar-refractivity contribution in [3.8, 4) is 0 Å². The maximum atomic E-state index is 12.2. The highest BCUT2D eigenvalue weighted by Gasteiger charge is 2.15. The Morgan fingerprint density at radius 2 is 1.16 bits per heavy atom. The van der Waals surface area contributed by atoms with Crippen LogP contribution in [0.2, 0.25) is 0 Å². The van der Waals surface area contributed by atoms with E-state index < -0.39 is 7.60 Å². The van der Waals surface area contributed by atoms with Crippen LogP contribution in [0, 0.1) is 0 Å². The fourth-order valence-electron chi connectivity index (χ4n) is 4.49. The molecule has 2 atom stereocenters. The van der Waals surface area contributed by atoms with E-state index >= 15 is 0 Å². The largest absolute Gasteiger partial charge is 0.778 e. The minimum absolute atomic E-state index is 0.00322. The summed E-state index contributed by atoms with van der Waals surface area (Å²) in [5.74, 6) is 0. The van der Waals surface area contributed by atoms with Gasteiger partial charge in [0.25, 0.3) is 0 Å². The smallest absolute Gasteiger partial charge is 0.135 e. The van der Waals surface area contributed by atoms with Crippen LogP contribution in [0.5, 0.6) is 0 Å². The van der Waals surface area contributed by atoms with Crippen LogP contribution in [0.25, 0.3) is 0 Å². The zero-order valence-corrected chi connectivity index (χ0v) is 26.4. The molecule has 0 fully saturated rings. The Morgan fingerprint density at radius 1 is 0.703 bits per heavy atom. The number of quaternary nitrogens is 1. The summed E-state index contributed by atoms with van der Waals surface area (Å²) in [6.07, 6.45) is 23.7. The zero-order valence-electron chi connectivity index (χ0n) is 25.5. The topological polar surface area (TPSA) is 67.8 Å². The lowest BCUT2D eigenvalue weighted by molar-refractivity contribution is -0.870. The van der Waals surface area contributed by atoms with E-state index in [-0.39, 0.29) is 18.9 Å². The Hall–Kier alpha value is 0.0300. The Morgan fingerprint density at radius 3 is 1.62 bits per heavy atom. The van der Waals surface area contributed by atoms with Gasteiger partial charge in [0.2, 0.25) is 0 Å². The molecule has 0 radical (unpaired) electrons. The lowest BCUT2D eigenvalue weighted by atomic mass is 10.0. The normalized spacial score (nSPS) is 14.6. The summed E-state index contributed by atoms with van der Waals surface area (Å²) in [4.78, 5) is 12.2. The number of hydrogen-bond donors (Lipinski definition) is 0. The molecule has 0 aromatic carbocycles. The van der Waals surface area contributed by atoms with Gasteiger partial charge in [-0.1, -0.05) is 103 Å². The second kappa shape index (κ2) is 25.0. The van der Waals surface area contributed by atoms with E-state index in [4.69, 9.17) is 14.0 Å².